The van der Waals surface area contributed by atoms with Gasteiger partial charge in [-0.3, -0.25) is 4.79 Å². The van der Waals surface area contributed by atoms with Crippen LogP contribution in [-0.2, 0) is 12.8 Å². The number of anilines is 1. The Balaban J connectivity index is 1.82. The summed E-state index contributed by atoms with van der Waals surface area (Å²) in [5.41, 5.74) is 4.58. The lowest BCUT2D eigenvalue weighted by Gasteiger charge is -2.10. The minimum atomic E-state index is 0.0362. The van der Waals surface area contributed by atoms with Crippen molar-refractivity contribution < 1.29 is 4.79 Å². The van der Waals surface area contributed by atoms with E-state index in [-0.39, 0.29) is 5.91 Å². The fourth-order valence-electron chi connectivity index (χ4n) is 3.14. The second-order valence-electron chi connectivity index (χ2n) is 6.19. The molecule has 3 heteroatoms. The van der Waals surface area contributed by atoms with Gasteiger partial charge in [-0.25, -0.2) is 0 Å². The summed E-state index contributed by atoms with van der Waals surface area (Å²) in [6, 6.07) is 8.22. The molecule has 0 spiro atoms. The van der Waals surface area contributed by atoms with Crippen LogP contribution in [0.25, 0.3) is 0 Å². The number of carbonyl (C=O) groups excluding carboxylic acids is 1. The molecule has 0 atom stereocenters. The molecule has 1 aromatic carbocycles. The van der Waals surface area contributed by atoms with Crippen LogP contribution in [0, 0.1) is 13.8 Å². The molecule has 2 nitrogen and oxygen atoms in total. The molecule has 0 fully saturated rings. The molecule has 1 aromatic heterocycles. The zero-order valence-electron chi connectivity index (χ0n) is 13.4. The van der Waals surface area contributed by atoms with Crippen LogP contribution in [0.4, 0.5) is 5.69 Å². The third-order valence-electron chi connectivity index (χ3n) is 4.44. The van der Waals surface area contributed by atoms with E-state index in [1.807, 2.05) is 32.0 Å². The number of hydrogen-bond donors (Lipinski definition) is 1. The van der Waals surface area contributed by atoms with Gasteiger partial charge in [-0.05, 0) is 62.3 Å². The van der Waals surface area contributed by atoms with E-state index < -0.39 is 0 Å². The first-order valence-electron chi connectivity index (χ1n) is 8.14. The van der Waals surface area contributed by atoms with Gasteiger partial charge in [-0.15, -0.1) is 11.3 Å². The molecule has 1 aliphatic carbocycles. The number of benzene rings is 1. The Bertz CT molecular complexity index is 641. The smallest absolute Gasteiger partial charge is 0.265 e. The Morgan fingerprint density at radius 1 is 1.05 bits per heavy atom. The number of amides is 1. The van der Waals surface area contributed by atoms with Crippen LogP contribution >= 0.6 is 11.3 Å². The van der Waals surface area contributed by atoms with Crippen LogP contribution in [0.5, 0.6) is 0 Å². The van der Waals surface area contributed by atoms with Gasteiger partial charge in [0.1, 0.15) is 0 Å². The molecule has 22 heavy (non-hydrogen) atoms. The standard InChI is InChI=1S/C19H23NOS/c1-13-8-7-9-14(2)18(13)20-19(21)17-12-15-10-5-3-4-6-11-16(15)22-17/h7-9,12H,3-6,10-11H2,1-2H3,(H,20,21). The number of carbonyl (C=O) groups is 1. The zero-order chi connectivity index (χ0) is 15.5. The summed E-state index contributed by atoms with van der Waals surface area (Å²) >= 11 is 1.68. The summed E-state index contributed by atoms with van der Waals surface area (Å²) in [6.45, 7) is 4.08. The molecule has 0 radical (unpaired) electrons. The van der Waals surface area contributed by atoms with Crippen molar-refractivity contribution in [2.45, 2.75) is 52.4 Å². The molecular formula is C19H23NOS. The average molecular weight is 313 g/mol. The lowest BCUT2D eigenvalue weighted by Crippen LogP contribution is -2.12. The number of fused-ring (bicyclic) bond motifs is 1. The highest BCUT2D eigenvalue weighted by molar-refractivity contribution is 7.14. The number of para-hydroxylation sites is 1. The van der Waals surface area contributed by atoms with Crippen LogP contribution in [0.2, 0.25) is 0 Å². The molecular weight excluding hydrogens is 290 g/mol. The molecule has 1 heterocycles. The molecule has 0 bridgehead atoms. The number of hydrogen-bond acceptors (Lipinski definition) is 2. The first-order valence-corrected chi connectivity index (χ1v) is 8.96. The first-order chi connectivity index (χ1) is 10.6. The maximum Gasteiger partial charge on any atom is 0.265 e. The van der Waals surface area contributed by atoms with Gasteiger partial charge < -0.3 is 5.32 Å². The summed E-state index contributed by atoms with van der Waals surface area (Å²) < 4.78 is 0. The maximum atomic E-state index is 12.6. The summed E-state index contributed by atoms with van der Waals surface area (Å²) in [5, 5.41) is 3.11. The SMILES string of the molecule is Cc1cccc(C)c1NC(=O)c1cc2c(s1)CCCCCC2. The van der Waals surface area contributed by atoms with Crippen LogP contribution in [0.3, 0.4) is 0 Å². The van der Waals surface area contributed by atoms with Crippen LogP contribution in [0.1, 0.15) is 56.9 Å². The van der Waals surface area contributed by atoms with Gasteiger partial charge in [-0.1, -0.05) is 31.0 Å². The van der Waals surface area contributed by atoms with Gasteiger partial charge in [0.15, 0.2) is 0 Å². The maximum absolute atomic E-state index is 12.6. The summed E-state index contributed by atoms with van der Waals surface area (Å²) in [6.07, 6.45) is 7.41. The topological polar surface area (TPSA) is 29.1 Å². The van der Waals surface area contributed by atoms with Crippen LogP contribution < -0.4 is 5.32 Å². The molecule has 0 aliphatic heterocycles. The van der Waals surface area contributed by atoms with E-state index in [0.717, 1.165) is 34.5 Å². The van der Waals surface area contributed by atoms with Gasteiger partial charge in [0.25, 0.3) is 5.91 Å². The Hall–Kier alpha value is -1.61. The lowest BCUT2D eigenvalue weighted by atomic mass is 10.00. The van der Waals surface area contributed by atoms with E-state index in [1.165, 1.54) is 36.1 Å². The predicted molar refractivity (Wildman–Crippen MR) is 94.1 cm³/mol. The van der Waals surface area contributed by atoms with Gasteiger partial charge in [-0.2, -0.15) is 0 Å². The summed E-state index contributed by atoms with van der Waals surface area (Å²) in [5.74, 6) is 0.0362. The third-order valence-corrected chi connectivity index (χ3v) is 5.68. The minimum Gasteiger partial charge on any atom is -0.321 e. The molecule has 0 saturated carbocycles. The first kappa shape index (κ1) is 15.3. The largest absolute Gasteiger partial charge is 0.321 e. The van der Waals surface area contributed by atoms with Crippen molar-refractivity contribution in [2.24, 2.45) is 0 Å². The van der Waals surface area contributed by atoms with E-state index >= 15 is 0 Å². The Labute approximate surface area is 136 Å². The van der Waals surface area contributed by atoms with E-state index in [9.17, 15) is 4.79 Å². The summed E-state index contributed by atoms with van der Waals surface area (Å²) in [7, 11) is 0. The molecule has 3 rings (SSSR count). The summed E-state index contributed by atoms with van der Waals surface area (Å²) in [4.78, 5) is 14.9. The van der Waals surface area contributed by atoms with Gasteiger partial charge in [0.2, 0.25) is 0 Å². The number of aryl methyl sites for hydroxylation is 4. The van der Waals surface area contributed by atoms with Gasteiger partial charge in [0, 0.05) is 10.6 Å². The average Bonchev–Trinajstić information content (AvgIpc) is 2.85. The molecule has 2 aromatic rings. The van der Waals surface area contributed by atoms with Crippen molar-refractivity contribution in [3.63, 3.8) is 0 Å². The van der Waals surface area contributed by atoms with Crippen molar-refractivity contribution in [3.05, 3.63) is 50.7 Å². The number of rotatable bonds is 2. The quantitative estimate of drug-likeness (QED) is 0.803. The number of nitrogens with one attached hydrogen (secondary N) is 1. The van der Waals surface area contributed by atoms with E-state index in [1.54, 1.807) is 11.3 Å². The molecule has 116 valence electrons. The molecule has 1 amide bonds. The monoisotopic (exact) mass is 313 g/mol. The molecule has 1 aliphatic rings. The lowest BCUT2D eigenvalue weighted by molar-refractivity contribution is 0.103. The van der Waals surface area contributed by atoms with Crippen LogP contribution in [0.15, 0.2) is 24.3 Å². The third kappa shape index (κ3) is 3.25. The van der Waals surface area contributed by atoms with Gasteiger partial charge >= 0.3 is 0 Å². The van der Waals surface area contributed by atoms with E-state index in [2.05, 4.69) is 11.4 Å². The zero-order valence-corrected chi connectivity index (χ0v) is 14.2. The van der Waals surface area contributed by atoms with Gasteiger partial charge in [0.05, 0.1) is 4.88 Å². The normalized spacial score (nSPS) is 14.8. The van der Waals surface area contributed by atoms with Crippen LogP contribution in [-0.4, -0.2) is 5.91 Å². The Morgan fingerprint density at radius 2 is 1.73 bits per heavy atom. The molecule has 0 unspecified atom stereocenters. The molecule has 0 saturated heterocycles. The van der Waals surface area contributed by atoms with Crippen molar-refractivity contribution in [3.8, 4) is 0 Å². The van der Waals surface area contributed by atoms with Crippen molar-refractivity contribution in [1.82, 2.24) is 0 Å². The molecule has 1 N–H and O–H groups in total. The minimum absolute atomic E-state index is 0.0362. The van der Waals surface area contributed by atoms with E-state index in [0.29, 0.717) is 0 Å². The second kappa shape index (κ2) is 6.66. The predicted octanol–water partition coefficient (Wildman–Crippen LogP) is 5.28. The number of thiophene rings is 1. The highest BCUT2D eigenvalue weighted by atomic mass is 32.1. The fraction of sp³-hybridized carbons (Fsp3) is 0.421. The van der Waals surface area contributed by atoms with Crippen molar-refractivity contribution in [2.75, 3.05) is 5.32 Å². The second-order valence-corrected chi connectivity index (χ2v) is 7.33. The van der Waals surface area contributed by atoms with Crippen molar-refractivity contribution in [1.29, 1.82) is 0 Å². The highest BCUT2D eigenvalue weighted by Crippen LogP contribution is 2.29. The highest BCUT2D eigenvalue weighted by Gasteiger charge is 2.17. The Morgan fingerprint density at radius 3 is 2.45 bits per heavy atom. The fourth-order valence-corrected chi connectivity index (χ4v) is 4.29. The Kier molecular flexibility index (Phi) is 4.63. The van der Waals surface area contributed by atoms with E-state index in [4.69, 9.17) is 0 Å². The van der Waals surface area contributed by atoms with Crippen molar-refractivity contribution >= 4 is 22.9 Å².